The van der Waals surface area contributed by atoms with Gasteiger partial charge >= 0.3 is 0 Å². The fraction of sp³-hybridized carbons (Fsp3) is 0.600. The molecule has 94 valence electrons. The molecule has 1 saturated heterocycles. The molecule has 0 bridgehead atoms. The fourth-order valence-corrected chi connectivity index (χ4v) is 2.67. The molecule has 0 amide bonds. The van der Waals surface area contributed by atoms with Gasteiger partial charge in [-0.1, -0.05) is 23.8 Å². The Hall–Kier alpha value is -0.860. The maximum absolute atomic E-state index is 3.56. The molecule has 2 rings (SSSR count). The summed E-state index contributed by atoms with van der Waals surface area (Å²) >= 11 is 0. The van der Waals surface area contributed by atoms with Crippen LogP contribution in [0.4, 0.5) is 0 Å². The van der Waals surface area contributed by atoms with Gasteiger partial charge in [-0.05, 0) is 51.4 Å². The minimum absolute atomic E-state index is 0.700. The molecule has 0 saturated carbocycles. The lowest BCUT2D eigenvalue weighted by atomic mass is 10.1. The van der Waals surface area contributed by atoms with Crippen LogP contribution in [0, 0.1) is 13.8 Å². The highest BCUT2D eigenvalue weighted by molar-refractivity contribution is 5.30. The number of rotatable bonds is 4. The lowest BCUT2D eigenvalue weighted by Crippen LogP contribution is -2.35. The molecule has 2 heteroatoms. The average Bonchev–Trinajstić information content (AvgIpc) is 2.75. The molecular formula is C15H24N2. The van der Waals surface area contributed by atoms with Gasteiger partial charge in [-0.3, -0.25) is 0 Å². The van der Waals surface area contributed by atoms with Crippen LogP contribution in [-0.2, 0) is 6.54 Å². The first kappa shape index (κ1) is 12.6. The predicted octanol–water partition coefficient (Wildman–Crippen LogP) is 2.49. The number of hydrogen-bond acceptors (Lipinski definition) is 2. The van der Waals surface area contributed by atoms with E-state index in [1.54, 1.807) is 0 Å². The minimum atomic E-state index is 0.700. The highest BCUT2D eigenvalue weighted by Crippen LogP contribution is 2.13. The van der Waals surface area contributed by atoms with E-state index in [9.17, 15) is 0 Å². The molecule has 1 N–H and O–H groups in total. The molecule has 0 spiro atoms. The van der Waals surface area contributed by atoms with Crippen LogP contribution >= 0.6 is 0 Å². The zero-order valence-electron chi connectivity index (χ0n) is 11.3. The Bertz CT molecular complexity index is 367. The molecule has 1 heterocycles. The molecule has 1 aromatic rings. The molecule has 1 aliphatic heterocycles. The lowest BCUT2D eigenvalue weighted by molar-refractivity contribution is 0.293. The first-order valence-electron chi connectivity index (χ1n) is 6.63. The van der Waals surface area contributed by atoms with Crippen LogP contribution in [-0.4, -0.2) is 31.1 Å². The molecule has 0 radical (unpaired) electrons. The first-order chi connectivity index (χ1) is 8.15. The molecule has 0 aliphatic carbocycles. The van der Waals surface area contributed by atoms with E-state index in [0.717, 1.165) is 13.1 Å². The van der Waals surface area contributed by atoms with Crippen molar-refractivity contribution in [3.63, 3.8) is 0 Å². The van der Waals surface area contributed by atoms with Crippen LogP contribution in [0.3, 0.4) is 0 Å². The van der Waals surface area contributed by atoms with Crippen LogP contribution in [0.5, 0.6) is 0 Å². The summed E-state index contributed by atoms with van der Waals surface area (Å²) in [5.74, 6) is 0. The molecule has 2 nitrogen and oxygen atoms in total. The van der Waals surface area contributed by atoms with Crippen molar-refractivity contribution in [3.05, 3.63) is 34.9 Å². The van der Waals surface area contributed by atoms with Gasteiger partial charge in [0.1, 0.15) is 0 Å². The van der Waals surface area contributed by atoms with E-state index >= 15 is 0 Å². The topological polar surface area (TPSA) is 15.3 Å². The van der Waals surface area contributed by atoms with Crippen molar-refractivity contribution < 1.29 is 0 Å². The van der Waals surface area contributed by atoms with Gasteiger partial charge in [-0.15, -0.1) is 0 Å². The van der Waals surface area contributed by atoms with E-state index in [-0.39, 0.29) is 0 Å². The lowest BCUT2D eigenvalue weighted by Gasteiger charge is -2.22. The molecule has 0 aromatic heterocycles. The fourth-order valence-electron chi connectivity index (χ4n) is 2.67. The Morgan fingerprint density at radius 3 is 2.82 bits per heavy atom. The molecular weight excluding hydrogens is 208 g/mol. The van der Waals surface area contributed by atoms with Crippen molar-refractivity contribution in [2.24, 2.45) is 0 Å². The van der Waals surface area contributed by atoms with Gasteiger partial charge in [0, 0.05) is 19.1 Å². The van der Waals surface area contributed by atoms with Gasteiger partial charge in [-0.25, -0.2) is 0 Å². The first-order valence-corrected chi connectivity index (χ1v) is 6.63. The van der Waals surface area contributed by atoms with Gasteiger partial charge in [0.25, 0.3) is 0 Å². The maximum atomic E-state index is 3.56. The summed E-state index contributed by atoms with van der Waals surface area (Å²) < 4.78 is 0. The molecule has 1 atom stereocenters. The predicted molar refractivity (Wildman–Crippen MR) is 73.3 cm³/mol. The van der Waals surface area contributed by atoms with Gasteiger partial charge in [0.15, 0.2) is 0 Å². The number of hydrogen-bond donors (Lipinski definition) is 1. The SMILES string of the molecule is Cc1ccc(CN(C)CC2CCCN2)c(C)c1. The summed E-state index contributed by atoms with van der Waals surface area (Å²) in [6.45, 7) is 7.78. The Kier molecular flexibility index (Phi) is 4.19. The number of benzene rings is 1. The molecule has 1 fully saturated rings. The Balaban J connectivity index is 1.90. The second kappa shape index (κ2) is 5.65. The summed E-state index contributed by atoms with van der Waals surface area (Å²) in [5, 5.41) is 3.56. The van der Waals surface area contributed by atoms with Gasteiger partial charge < -0.3 is 10.2 Å². The largest absolute Gasteiger partial charge is 0.313 e. The standard InChI is InChI=1S/C15H24N2/c1-12-6-7-14(13(2)9-12)10-17(3)11-15-5-4-8-16-15/h6-7,9,15-16H,4-5,8,10-11H2,1-3H3. The Morgan fingerprint density at radius 2 is 2.18 bits per heavy atom. The van der Waals surface area contributed by atoms with Crippen molar-refractivity contribution in [2.45, 2.75) is 39.3 Å². The third kappa shape index (κ3) is 3.55. The van der Waals surface area contributed by atoms with Crippen molar-refractivity contribution in [1.29, 1.82) is 0 Å². The van der Waals surface area contributed by atoms with Gasteiger partial charge in [0.05, 0.1) is 0 Å². The average molecular weight is 232 g/mol. The summed E-state index contributed by atoms with van der Waals surface area (Å²) in [6, 6.07) is 7.45. The van der Waals surface area contributed by atoms with Gasteiger partial charge in [-0.2, -0.15) is 0 Å². The van der Waals surface area contributed by atoms with Crippen molar-refractivity contribution in [2.75, 3.05) is 20.1 Å². The summed E-state index contributed by atoms with van der Waals surface area (Å²) in [4.78, 5) is 2.43. The quantitative estimate of drug-likeness (QED) is 0.858. The molecule has 17 heavy (non-hydrogen) atoms. The Morgan fingerprint density at radius 1 is 1.35 bits per heavy atom. The zero-order valence-corrected chi connectivity index (χ0v) is 11.3. The van der Waals surface area contributed by atoms with Crippen molar-refractivity contribution in [1.82, 2.24) is 10.2 Å². The molecule has 1 aliphatic rings. The Labute approximate surface area is 105 Å². The number of aryl methyl sites for hydroxylation is 2. The number of likely N-dealkylation sites (N-methyl/N-ethyl adjacent to an activating group) is 1. The highest BCUT2D eigenvalue weighted by Gasteiger charge is 2.16. The molecule has 1 unspecified atom stereocenters. The summed E-state index contributed by atoms with van der Waals surface area (Å²) in [7, 11) is 2.22. The zero-order chi connectivity index (χ0) is 12.3. The van der Waals surface area contributed by atoms with E-state index in [2.05, 4.69) is 49.3 Å². The minimum Gasteiger partial charge on any atom is -0.313 e. The normalized spacial score (nSPS) is 20.1. The van der Waals surface area contributed by atoms with Crippen LogP contribution in [0.1, 0.15) is 29.5 Å². The summed E-state index contributed by atoms with van der Waals surface area (Å²) in [6.07, 6.45) is 2.67. The second-order valence-electron chi connectivity index (χ2n) is 5.42. The third-order valence-corrected chi connectivity index (χ3v) is 3.63. The number of nitrogens with one attached hydrogen (secondary N) is 1. The summed E-state index contributed by atoms with van der Waals surface area (Å²) in [5.41, 5.74) is 4.22. The monoisotopic (exact) mass is 232 g/mol. The van der Waals surface area contributed by atoms with Crippen molar-refractivity contribution in [3.8, 4) is 0 Å². The third-order valence-electron chi connectivity index (χ3n) is 3.63. The second-order valence-corrected chi connectivity index (χ2v) is 5.42. The van der Waals surface area contributed by atoms with E-state index < -0.39 is 0 Å². The van der Waals surface area contributed by atoms with E-state index in [0.29, 0.717) is 6.04 Å². The van der Waals surface area contributed by atoms with Crippen LogP contribution in [0.2, 0.25) is 0 Å². The number of nitrogens with zero attached hydrogens (tertiary/aromatic N) is 1. The smallest absolute Gasteiger partial charge is 0.0233 e. The highest BCUT2D eigenvalue weighted by atomic mass is 15.1. The van der Waals surface area contributed by atoms with Gasteiger partial charge in [0.2, 0.25) is 0 Å². The van der Waals surface area contributed by atoms with E-state index in [1.165, 1.54) is 36.1 Å². The van der Waals surface area contributed by atoms with Crippen LogP contribution in [0.25, 0.3) is 0 Å². The molecule has 1 aromatic carbocycles. The van der Waals surface area contributed by atoms with Crippen molar-refractivity contribution >= 4 is 0 Å². The van der Waals surface area contributed by atoms with E-state index in [1.807, 2.05) is 0 Å². The maximum Gasteiger partial charge on any atom is 0.0233 e. The van der Waals surface area contributed by atoms with Crippen LogP contribution < -0.4 is 5.32 Å². The van der Waals surface area contributed by atoms with Crippen LogP contribution in [0.15, 0.2) is 18.2 Å². The van der Waals surface area contributed by atoms with E-state index in [4.69, 9.17) is 0 Å².